The Hall–Kier alpha value is -1.20. The standard InChI is InChI=1S/C12H7Br2N3/c13-9-3-1-8(2-4-9)12-15-11-7-10(14)5-6-17(11)16-12/h1-7H. The molecular formula is C12H7Br2N3. The average molecular weight is 353 g/mol. The van der Waals surface area contributed by atoms with E-state index in [1.807, 2.05) is 42.6 Å². The van der Waals surface area contributed by atoms with E-state index < -0.39 is 0 Å². The van der Waals surface area contributed by atoms with E-state index in [1.54, 1.807) is 4.52 Å². The Morgan fingerprint density at radius 2 is 1.71 bits per heavy atom. The lowest BCUT2D eigenvalue weighted by atomic mass is 10.2. The normalized spacial score (nSPS) is 10.9. The summed E-state index contributed by atoms with van der Waals surface area (Å²) in [6.45, 7) is 0. The van der Waals surface area contributed by atoms with Crippen molar-refractivity contribution < 1.29 is 0 Å². The van der Waals surface area contributed by atoms with Crippen molar-refractivity contribution in [2.75, 3.05) is 0 Å². The van der Waals surface area contributed by atoms with Crippen LogP contribution in [0.3, 0.4) is 0 Å². The van der Waals surface area contributed by atoms with E-state index in [4.69, 9.17) is 0 Å². The second-order valence-electron chi connectivity index (χ2n) is 3.59. The summed E-state index contributed by atoms with van der Waals surface area (Å²) in [5, 5.41) is 4.42. The van der Waals surface area contributed by atoms with Crippen LogP contribution in [0.4, 0.5) is 0 Å². The molecule has 0 bridgehead atoms. The van der Waals surface area contributed by atoms with Crippen molar-refractivity contribution in [3.63, 3.8) is 0 Å². The van der Waals surface area contributed by atoms with Crippen LogP contribution in [0.1, 0.15) is 0 Å². The SMILES string of the molecule is Brc1ccc(-c2nc3cc(Br)ccn3n2)cc1. The third-order valence-corrected chi connectivity index (χ3v) is 3.42. The third-order valence-electron chi connectivity index (χ3n) is 2.40. The van der Waals surface area contributed by atoms with Crippen molar-refractivity contribution in [1.29, 1.82) is 0 Å². The van der Waals surface area contributed by atoms with Gasteiger partial charge in [0, 0.05) is 20.7 Å². The molecule has 0 amide bonds. The van der Waals surface area contributed by atoms with Crippen molar-refractivity contribution in [2.24, 2.45) is 0 Å². The number of fused-ring (bicyclic) bond motifs is 1. The average Bonchev–Trinajstić information content (AvgIpc) is 2.72. The molecule has 0 unspecified atom stereocenters. The van der Waals surface area contributed by atoms with Gasteiger partial charge in [0.05, 0.1) is 0 Å². The highest BCUT2D eigenvalue weighted by molar-refractivity contribution is 9.10. The maximum Gasteiger partial charge on any atom is 0.182 e. The van der Waals surface area contributed by atoms with Crippen molar-refractivity contribution in [1.82, 2.24) is 14.6 Å². The first kappa shape index (κ1) is 10.9. The molecule has 1 aromatic carbocycles. The van der Waals surface area contributed by atoms with Crippen LogP contribution in [0.2, 0.25) is 0 Å². The van der Waals surface area contributed by atoms with Gasteiger partial charge in [-0.2, -0.15) is 0 Å². The van der Waals surface area contributed by atoms with Gasteiger partial charge >= 0.3 is 0 Å². The van der Waals surface area contributed by atoms with Crippen LogP contribution in [0.25, 0.3) is 17.0 Å². The first-order valence-electron chi connectivity index (χ1n) is 5.00. The molecule has 0 N–H and O–H groups in total. The van der Waals surface area contributed by atoms with Gasteiger partial charge in [0.1, 0.15) is 0 Å². The maximum atomic E-state index is 4.48. The molecule has 0 fully saturated rings. The zero-order valence-electron chi connectivity index (χ0n) is 8.64. The summed E-state index contributed by atoms with van der Waals surface area (Å²) in [6.07, 6.45) is 1.88. The predicted molar refractivity (Wildman–Crippen MR) is 73.8 cm³/mol. The van der Waals surface area contributed by atoms with Crippen LogP contribution in [0.5, 0.6) is 0 Å². The van der Waals surface area contributed by atoms with Gasteiger partial charge in [-0.05, 0) is 24.3 Å². The van der Waals surface area contributed by atoms with Gasteiger partial charge in [-0.25, -0.2) is 9.50 Å². The summed E-state index contributed by atoms with van der Waals surface area (Å²) in [5.41, 5.74) is 1.84. The first-order valence-corrected chi connectivity index (χ1v) is 6.59. The molecule has 84 valence electrons. The van der Waals surface area contributed by atoms with Crippen LogP contribution >= 0.6 is 31.9 Å². The minimum atomic E-state index is 0.732. The summed E-state index contributed by atoms with van der Waals surface area (Å²) >= 11 is 6.83. The number of aromatic nitrogens is 3. The molecule has 2 aromatic heterocycles. The topological polar surface area (TPSA) is 30.2 Å². The van der Waals surface area contributed by atoms with Crippen LogP contribution in [-0.4, -0.2) is 14.6 Å². The maximum absolute atomic E-state index is 4.48. The van der Waals surface area contributed by atoms with Gasteiger partial charge in [-0.15, -0.1) is 5.10 Å². The molecule has 3 aromatic rings. The van der Waals surface area contributed by atoms with E-state index in [9.17, 15) is 0 Å². The van der Waals surface area contributed by atoms with Gasteiger partial charge in [0.15, 0.2) is 11.5 Å². The molecular weight excluding hydrogens is 346 g/mol. The lowest BCUT2D eigenvalue weighted by molar-refractivity contribution is 0.964. The fourth-order valence-corrected chi connectivity index (χ4v) is 2.17. The highest BCUT2D eigenvalue weighted by Gasteiger charge is 2.06. The predicted octanol–water partition coefficient (Wildman–Crippen LogP) is 3.92. The second kappa shape index (κ2) is 4.23. The molecule has 0 saturated heterocycles. The van der Waals surface area contributed by atoms with E-state index >= 15 is 0 Å². The Morgan fingerprint density at radius 3 is 2.47 bits per heavy atom. The molecule has 3 nitrogen and oxygen atoms in total. The molecule has 0 saturated carbocycles. The van der Waals surface area contributed by atoms with Crippen molar-refractivity contribution in [2.45, 2.75) is 0 Å². The molecule has 0 atom stereocenters. The smallest absolute Gasteiger partial charge is 0.182 e. The quantitative estimate of drug-likeness (QED) is 0.664. The van der Waals surface area contributed by atoms with Crippen molar-refractivity contribution in [3.8, 4) is 11.4 Å². The highest BCUT2D eigenvalue weighted by atomic mass is 79.9. The number of hydrogen-bond donors (Lipinski definition) is 0. The molecule has 5 heteroatoms. The summed E-state index contributed by atoms with van der Waals surface area (Å²) in [4.78, 5) is 4.48. The minimum absolute atomic E-state index is 0.732. The fourth-order valence-electron chi connectivity index (χ4n) is 1.58. The van der Waals surface area contributed by atoms with Gasteiger partial charge in [-0.1, -0.05) is 44.0 Å². The second-order valence-corrected chi connectivity index (χ2v) is 5.42. The summed E-state index contributed by atoms with van der Waals surface area (Å²) < 4.78 is 3.81. The van der Waals surface area contributed by atoms with Gasteiger partial charge in [0.25, 0.3) is 0 Å². The molecule has 3 rings (SSSR count). The monoisotopic (exact) mass is 351 g/mol. The van der Waals surface area contributed by atoms with Crippen LogP contribution in [-0.2, 0) is 0 Å². The van der Waals surface area contributed by atoms with Crippen molar-refractivity contribution in [3.05, 3.63) is 51.5 Å². The Balaban J connectivity index is 2.14. The van der Waals surface area contributed by atoms with E-state index in [1.165, 1.54) is 0 Å². The summed E-state index contributed by atoms with van der Waals surface area (Å²) in [6, 6.07) is 11.8. The fraction of sp³-hybridized carbons (Fsp3) is 0. The number of pyridine rings is 1. The minimum Gasteiger partial charge on any atom is -0.220 e. The molecule has 0 radical (unpaired) electrons. The Morgan fingerprint density at radius 1 is 0.941 bits per heavy atom. The largest absolute Gasteiger partial charge is 0.220 e. The van der Waals surface area contributed by atoms with Gasteiger partial charge < -0.3 is 0 Å². The van der Waals surface area contributed by atoms with E-state index in [0.29, 0.717) is 0 Å². The molecule has 17 heavy (non-hydrogen) atoms. The van der Waals surface area contributed by atoms with E-state index in [-0.39, 0.29) is 0 Å². The van der Waals surface area contributed by atoms with Crippen molar-refractivity contribution >= 4 is 37.5 Å². The van der Waals surface area contributed by atoms with Gasteiger partial charge in [-0.3, -0.25) is 0 Å². The van der Waals surface area contributed by atoms with Crippen LogP contribution < -0.4 is 0 Å². The third kappa shape index (κ3) is 2.12. The zero-order valence-corrected chi connectivity index (χ0v) is 11.8. The lowest BCUT2D eigenvalue weighted by Gasteiger charge is -1.93. The molecule has 0 aliphatic carbocycles. The highest BCUT2D eigenvalue weighted by Crippen LogP contribution is 2.20. The lowest BCUT2D eigenvalue weighted by Crippen LogP contribution is -1.85. The zero-order chi connectivity index (χ0) is 11.8. The number of benzene rings is 1. The van der Waals surface area contributed by atoms with Crippen LogP contribution in [0.15, 0.2) is 51.5 Å². The number of rotatable bonds is 1. The Bertz CT molecular complexity index is 674. The molecule has 0 spiro atoms. The number of halogens is 2. The van der Waals surface area contributed by atoms with E-state index in [0.717, 1.165) is 26.0 Å². The first-order chi connectivity index (χ1) is 8.22. The van der Waals surface area contributed by atoms with E-state index in [2.05, 4.69) is 41.9 Å². The molecule has 0 aliphatic heterocycles. The number of nitrogens with zero attached hydrogens (tertiary/aromatic N) is 3. The summed E-state index contributed by atoms with van der Waals surface area (Å²) in [7, 11) is 0. The number of hydrogen-bond acceptors (Lipinski definition) is 2. The van der Waals surface area contributed by atoms with Gasteiger partial charge in [0.2, 0.25) is 0 Å². The summed E-state index contributed by atoms with van der Waals surface area (Å²) in [5.74, 6) is 0.732. The Labute approximate surface area is 115 Å². The molecule has 0 aliphatic rings. The Kier molecular flexibility index (Phi) is 2.72. The van der Waals surface area contributed by atoms with Crippen LogP contribution in [0, 0.1) is 0 Å². The molecule has 2 heterocycles.